The molecule has 0 unspecified atom stereocenters. The van der Waals surface area contributed by atoms with Crippen LogP contribution in [0.15, 0.2) is 29.4 Å². The van der Waals surface area contributed by atoms with E-state index in [9.17, 15) is 12.8 Å². The first-order valence-electron chi connectivity index (χ1n) is 5.36. The number of sulfonamides is 1. The number of halogens is 1. The van der Waals surface area contributed by atoms with Crippen molar-refractivity contribution in [2.24, 2.45) is 0 Å². The number of aliphatic hydroxyl groups is 1. The van der Waals surface area contributed by atoms with Crippen LogP contribution in [0.4, 0.5) is 10.1 Å². The largest absolute Gasteiger partial charge is 0.392 e. The molecule has 3 N–H and O–H groups in total. The summed E-state index contributed by atoms with van der Waals surface area (Å²) in [5.41, 5.74) is 0.671. The molecule has 0 radical (unpaired) electrons. The van der Waals surface area contributed by atoms with Gasteiger partial charge in [-0.2, -0.15) is 13.5 Å². The molecule has 2 rings (SSSR count). The molecule has 8 heteroatoms. The molecule has 19 heavy (non-hydrogen) atoms. The minimum Gasteiger partial charge on any atom is -0.392 e. The molecule has 0 aliphatic heterocycles. The number of hydrogen-bond donors (Lipinski definition) is 3. The van der Waals surface area contributed by atoms with Gasteiger partial charge in [-0.05, 0) is 24.6 Å². The Balaban J connectivity index is 2.39. The molecule has 1 heterocycles. The van der Waals surface area contributed by atoms with E-state index in [1.165, 1.54) is 24.4 Å². The summed E-state index contributed by atoms with van der Waals surface area (Å²) < 4.78 is 39.7. The zero-order chi connectivity index (χ0) is 14.0. The van der Waals surface area contributed by atoms with Crippen LogP contribution in [0.3, 0.4) is 0 Å². The van der Waals surface area contributed by atoms with Crippen LogP contribution in [0.2, 0.25) is 0 Å². The smallest absolute Gasteiger partial charge is 0.279 e. The van der Waals surface area contributed by atoms with Crippen molar-refractivity contribution in [3.05, 3.63) is 41.3 Å². The molecule has 0 bridgehead atoms. The summed E-state index contributed by atoms with van der Waals surface area (Å²) in [4.78, 5) is 0. The Morgan fingerprint density at radius 3 is 2.89 bits per heavy atom. The van der Waals surface area contributed by atoms with Gasteiger partial charge in [-0.15, -0.1) is 0 Å². The Kier molecular flexibility index (Phi) is 3.54. The van der Waals surface area contributed by atoms with Crippen LogP contribution < -0.4 is 4.72 Å². The molecule has 0 saturated carbocycles. The van der Waals surface area contributed by atoms with Gasteiger partial charge in [0.2, 0.25) is 0 Å². The van der Waals surface area contributed by atoms with Crippen LogP contribution in [-0.2, 0) is 16.6 Å². The zero-order valence-electron chi connectivity index (χ0n) is 10.0. The van der Waals surface area contributed by atoms with Gasteiger partial charge in [0, 0.05) is 5.56 Å². The van der Waals surface area contributed by atoms with Crippen molar-refractivity contribution < 1.29 is 17.9 Å². The van der Waals surface area contributed by atoms with E-state index in [1.807, 2.05) is 0 Å². The molecule has 2 aromatic rings. The third kappa shape index (κ3) is 2.74. The van der Waals surface area contributed by atoms with Crippen LogP contribution in [0.25, 0.3) is 0 Å². The molecular formula is C11H12FN3O3S. The fourth-order valence-corrected chi connectivity index (χ4v) is 2.74. The molecule has 0 spiro atoms. The highest BCUT2D eigenvalue weighted by molar-refractivity contribution is 7.92. The highest BCUT2D eigenvalue weighted by Gasteiger charge is 2.21. The van der Waals surface area contributed by atoms with Crippen LogP contribution in [0.1, 0.15) is 11.1 Å². The van der Waals surface area contributed by atoms with Crippen molar-refractivity contribution in [3.8, 4) is 0 Å². The highest BCUT2D eigenvalue weighted by atomic mass is 32.2. The fraction of sp³-hybridized carbons (Fsp3) is 0.182. The van der Waals surface area contributed by atoms with Crippen LogP contribution >= 0.6 is 0 Å². The van der Waals surface area contributed by atoms with Crippen molar-refractivity contribution in [3.63, 3.8) is 0 Å². The number of aromatic nitrogens is 2. The summed E-state index contributed by atoms with van der Waals surface area (Å²) in [7, 11) is -4.02. The van der Waals surface area contributed by atoms with Crippen LogP contribution in [0.5, 0.6) is 0 Å². The quantitative estimate of drug-likeness (QED) is 0.785. The summed E-state index contributed by atoms with van der Waals surface area (Å²) in [6, 6.07) is 4.08. The molecule has 6 nitrogen and oxygen atoms in total. The van der Waals surface area contributed by atoms with Gasteiger partial charge in [-0.1, -0.05) is 6.07 Å². The van der Waals surface area contributed by atoms with Crippen molar-refractivity contribution in [2.75, 3.05) is 4.72 Å². The van der Waals surface area contributed by atoms with E-state index in [1.54, 1.807) is 6.92 Å². The lowest BCUT2D eigenvalue weighted by atomic mass is 10.2. The molecule has 0 fully saturated rings. The number of nitrogens with one attached hydrogen (secondary N) is 2. The second-order valence-electron chi connectivity index (χ2n) is 3.97. The Morgan fingerprint density at radius 1 is 1.47 bits per heavy atom. The third-order valence-corrected chi connectivity index (χ3v) is 3.86. The number of aliphatic hydroxyl groups excluding tert-OH is 1. The monoisotopic (exact) mass is 285 g/mol. The maximum atomic E-state index is 13.5. The minimum atomic E-state index is -4.02. The number of rotatable bonds is 4. The lowest BCUT2D eigenvalue weighted by Gasteiger charge is -2.09. The maximum Gasteiger partial charge on any atom is 0.279 e. The first-order valence-corrected chi connectivity index (χ1v) is 6.84. The summed E-state index contributed by atoms with van der Waals surface area (Å²) in [5, 5.41) is 14.5. The van der Waals surface area contributed by atoms with Gasteiger partial charge in [0.05, 0.1) is 18.5 Å². The van der Waals surface area contributed by atoms with Crippen molar-refractivity contribution in [2.45, 2.75) is 18.6 Å². The van der Waals surface area contributed by atoms with E-state index in [0.717, 1.165) is 0 Å². The highest BCUT2D eigenvalue weighted by Crippen LogP contribution is 2.21. The Hall–Kier alpha value is -1.93. The lowest BCUT2D eigenvalue weighted by Crippen LogP contribution is -2.16. The topological polar surface area (TPSA) is 95.1 Å². The Labute approximate surface area is 109 Å². The van der Waals surface area contributed by atoms with Crippen LogP contribution in [-0.4, -0.2) is 23.7 Å². The molecule has 1 aromatic carbocycles. The van der Waals surface area contributed by atoms with Gasteiger partial charge < -0.3 is 5.11 Å². The Bertz CT molecular complexity index is 697. The standard InChI is InChI=1S/C11H12FN3O3S/c1-7-2-3-9(12)10(4-7)15-19(17,18)11-8(6-16)5-13-14-11/h2-5,15-16H,6H2,1H3,(H,13,14). The van der Waals surface area contributed by atoms with E-state index in [2.05, 4.69) is 14.9 Å². The number of nitrogens with zero attached hydrogens (tertiary/aromatic N) is 1. The van der Waals surface area contributed by atoms with Gasteiger partial charge in [0.1, 0.15) is 5.82 Å². The molecule has 0 amide bonds. The molecular weight excluding hydrogens is 273 g/mol. The number of hydrogen-bond acceptors (Lipinski definition) is 4. The average molecular weight is 285 g/mol. The van der Waals surface area contributed by atoms with Crippen molar-refractivity contribution in [1.29, 1.82) is 0 Å². The van der Waals surface area contributed by atoms with Crippen molar-refractivity contribution >= 4 is 15.7 Å². The van der Waals surface area contributed by atoms with Gasteiger partial charge in [0.15, 0.2) is 5.03 Å². The zero-order valence-corrected chi connectivity index (χ0v) is 10.8. The van der Waals surface area contributed by atoms with E-state index >= 15 is 0 Å². The first kappa shape index (κ1) is 13.5. The predicted molar refractivity (Wildman–Crippen MR) is 66.5 cm³/mol. The minimum absolute atomic E-state index is 0.112. The third-order valence-electron chi connectivity index (χ3n) is 2.48. The fourth-order valence-electron chi connectivity index (χ4n) is 1.56. The number of benzene rings is 1. The van der Waals surface area contributed by atoms with E-state index in [-0.39, 0.29) is 16.3 Å². The summed E-state index contributed by atoms with van der Waals surface area (Å²) in [6.45, 7) is 1.23. The number of H-pyrrole nitrogens is 1. The SMILES string of the molecule is Cc1ccc(F)c(NS(=O)(=O)c2[nH]ncc2CO)c1. The Morgan fingerprint density at radius 2 is 2.21 bits per heavy atom. The van der Waals surface area contributed by atoms with Gasteiger partial charge >= 0.3 is 0 Å². The van der Waals surface area contributed by atoms with E-state index < -0.39 is 22.4 Å². The van der Waals surface area contributed by atoms with Crippen molar-refractivity contribution in [1.82, 2.24) is 10.2 Å². The summed E-state index contributed by atoms with van der Waals surface area (Å²) in [6.07, 6.45) is 1.20. The van der Waals surface area contributed by atoms with Crippen LogP contribution in [0, 0.1) is 12.7 Å². The molecule has 0 saturated heterocycles. The van der Waals surface area contributed by atoms with Gasteiger partial charge in [0.25, 0.3) is 10.0 Å². The molecule has 0 aliphatic carbocycles. The van der Waals surface area contributed by atoms with E-state index in [4.69, 9.17) is 5.11 Å². The number of anilines is 1. The van der Waals surface area contributed by atoms with E-state index in [0.29, 0.717) is 5.56 Å². The number of aryl methyl sites for hydroxylation is 1. The predicted octanol–water partition coefficient (Wildman–Crippen LogP) is 1.15. The second-order valence-corrected chi connectivity index (χ2v) is 5.59. The molecule has 0 atom stereocenters. The second kappa shape index (κ2) is 4.98. The molecule has 0 aliphatic rings. The average Bonchev–Trinajstić information content (AvgIpc) is 2.82. The lowest BCUT2D eigenvalue weighted by molar-refractivity contribution is 0.278. The normalized spacial score (nSPS) is 11.5. The number of aromatic amines is 1. The molecule has 102 valence electrons. The van der Waals surface area contributed by atoms with Gasteiger partial charge in [-0.3, -0.25) is 9.82 Å². The molecule has 1 aromatic heterocycles. The summed E-state index contributed by atoms with van der Waals surface area (Å²) >= 11 is 0. The first-order chi connectivity index (χ1) is 8.94. The maximum absolute atomic E-state index is 13.5. The van der Waals surface area contributed by atoms with Gasteiger partial charge in [-0.25, -0.2) is 4.39 Å². The summed E-state index contributed by atoms with van der Waals surface area (Å²) in [5.74, 6) is -0.681.